The van der Waals surface area contributed by atoms with Crippen LogP contribution in [0.1, 0.15) is 20.3 Å². The lowest BCUT2D eigenvalue weighted by Crippen LogP contribution is -2.47. The van der Waals surface area contributed by atoms with Gasteiger partial charge < -0.3 is 14.9 Å². The molecule has 0 saturated heterocycles. The summed E-state index contributed by atoms with van der Waals surface area (Å²) in [5, 5.41) is 18.5. The molecule has 0 spiro atoms. The van der Waals surface area contributed by atoms with Crippen LogP contribution in [0.5, 0.6) is 0 Å². The van der Waals surface area contributed by atoms with Gasteiger partial charge in [0.15, 0.2) is 5.60 Å². The Morgan fingerprint density at radius 2 is 2.18 bits per heavy atom. The number of aliphatic hydroxyl groups is 2. The van der Waals surface area contributed by atoms with Crippen LogP contribution in [0.4, 0.5) is 0 Å². The standard InChI is InChI=1S/C7H14O4/c1-4-5(8)7(2,10)6(9)11-3/h5,8,10H,4H2,1-3H3/t5-,7+/m0/s1. The Balaban J connectivity index is 4.31. The van der Waals surface area contributed by atoms with E-state index in [-0.39, 0.29) is 0 Å². The van der Waals surface area contributed by atoms with Crippen molar-refractivity contribution in [3.8, 4) is 0 Å². The molecule has 0 aliphatic carbocycles. The summed E-state index contributed by atoms with van der Waals surface area (Å²) >= 11 is 0. The van der Waals surface area contributed by atoms with Crippen LogP contribution in [-0.4, -0.2) is 35.0 Å². The fourth-order valence-corrected chi connectivity index (χ4v) is 0.740. The highest BCUT2D eigenvalue weighted by atomic mass is 16.5. The van der Waals surface area contributed by atoms with Crippen LogP contribution < -0.4 is 0 Å². The third kappa shape index (κ3) is 2.17. The smallest absolute Gasteiger partial charge is 0.340 e. The lowest BCUT2D eigenvalue weighted by molar-refractivity contribution is -0.172. The van der Waals surface area contributed by atoms with Gasteiger partial charge in [-0.05, 0) is 13.3 Å². The Morgan fingerprint density at radius 1 is 1.73 bits per heavy atom. The Labute approximate surface area is 65.8 Å². The Kier molecular flexibility index (Phi) is 3.48. The zero-order chi connectivity index (χ0) is 9.07. The molecule has 0 aromatic carbocycles. The van der Waals surface area contributed by atoms with Gasteiger partial charge in [0, 0.05) is 0 Å². The molecule has 0 rings (SSSR count). The second-order valence-corrected chi connectivity index (χ2v) is 2.56. The highest BCUT2D eigenvalue weighted by molar-refractivity contribution is 5.79. The van der Waals surface area contributed by atoms with E-state index in [0.29, 0.717) is 6.42 Å². The first-order valence-corrected chi connectivity index (χ1v) is 3.45. The summed E-state index contributed by atoms with van der Waals surface area (Å²) in [4.78, 5) is 10.8. The van der Waals surface area contributed by atoms with Gasteiger partial charge in [-0.1, -0.05) is 6.92 Å². The summed E-state index contributed by atoms with van der Waals surface area (Å²) in [6, 6.07) is 0. The van der Waals surface area contributed by atoms with Gasteiger partial charge in [-0.3, -0.25) is 0 Å². The molecule has 0 aromatic rings. The minimum Gasteiger partial charge on any atom is -0.467 e. The quantitative estimate of drug-likeness (QED) is 0.558. The van der Waals surface area contributed by atoms with E-state index in [1.807, 2.05) is 0 Å². The van der Waals surface area contributed by atoms with Crippen molar-refractivity contribution in [3.05, 3.63) is 0 Å². The average Bonchev–Trinajstić information content (AvgIpc) is 2.01. The van der Waals surface area contributed by atoms with E-state index in [9.17, 15) is 9.90 Å². The molecule has 66 valence electrons. The van der Waals surface area contributed by atoms with Gasteiger partial charge in [-0.2, -0.15) is 0 Å². The number of methoxy groups -OCH3 is 1. The number of hydrogen-bond acceptors (Lipinski definition) is 4. The van der Waals surface area contributed by atoms with Crippen LogP contribution in [0.3, 0.4) is 0 Å². The summed E-state index contributed by atoms with van der Waals surface area (Å²) in [5.41, 5.74) is -1.79. The van der Waals surface area contributed by atoms with Crippen molar-refractivity contribution in [1.29, 1.82) is 0 Å². The summed E-state index contributed by atoms with van der Waals surface area (Å²) in [6.07, 6.45) is -0.766. The number of rotatable bonds is 3. The number of hydrogen-bond donors (Lipinski definition) is 2. The molecule has 0 unspecified atom stereocenters. The molecule has 0 aliphatic heterocycles. The van der Waals surface area contributed by atoms with E-state index in [4.69, 9.17) is 5.11 Å². The first kappa shape index (κ1) is 10.4. The highest BCUT2D eigenvalue weighted by Gasteiger charge is 2.38. The zero-order valence-electron chi connectivity index (χ0n) is 7.00. The molecule has 2 N–H and O–H groups in total. The average molecular weight is 162 g/mol. The van der Waals surface area contributed by atoms with Gasteiger partial charge >= 0.3 is 5.97 Å². The van der Waals surface area contributed by atoms with E-state index in [0.717, 1.165) is 0 Å². The van der Waals surface area contributed by atoms with Crippen LogP contribution in [0.25, 0.3) is 0 Å². The molecule has 0 fully saturated rings. The topological polar surface area (TPSA) is 66.8 Å². The van der Waals surface area contributed by atoms with E-state index in [2.05, 4.69) is 4.74 Å². The molecular formula is C7H14O4. The zero-order valence-corrected chi connectivity index (χ0v) is 7.00. The molecule has 0 aromatic heterocycles. The first-order valence-electron chi connectivity index (χ1n) is 3.45. The third-order valence-corrected chi connectivity index (χ3v) is 1.63. The predicted octanol–water partition coefficient (Wildman–Crippen LogP) is -0.319. The van der Waals surface area contributed by atoms with Gasteiger partial charge in [0.25, 0.3) is 0 Å². The van der Waals surface area contributed by atoms with Crippen LogP contribution in [0, 0.1) is 0 Å². The van der Waals surface area contributed by atoms with Crippen molar-refractivity contribution in [1.82, 2.24) is 0 Å². The molecule has 11 heavy (non-hydrogen) atoms. The van der Waals surface area contributed by atoms with E-state index < -0.39 is 17.7 Å². The summed E-state index contributed by atoms with van der Waals surface area (Å²) < 4.78 is 4.29. The number of aliphatic hydroxyl groups excluding tert-OH is 1. The molecule has 2 atom stereocenters. The third-order valence-electron chi connectivity index (χ3n) is 1.63. The predicted molar refractivity (Wildman–Crippen MR) is 38.9 cm³/mol. The van der Waals surface area contributed by atoms with Gasteiger partial charge in [-0.15, -0.1) is 0 Å². The minimum absolute atomic E-state index is 0.308. The van der Waals surface area contributed by atoms with Crippen LogP contribution in [0.15, 0.2) is 0 Å². The lowest BCUT2D eigenvalue weighted by atomic mass is 9.97. The largest absolute Gasteiger partial charge is 0.467 e. The molecule has 0 heterocycles. The Bertz CT molecular complexity index is 141. The first-order chi connectivity index (χ1) is 4.96. The lowest BCUT2D eigenvalue weighted by Gasteiger charge is -2.24. The maximum Gasteiger partial charge on any atom is 0.340 e. The van der Waals surface area contributed by atoms with E-state index >= 15 is 0 Å². The summed E-state index contributed by atoms with van der Waals surface area (Å²) in [6.45, 7) is 2.90. The molecule has 0 saturated carbocycles. The molecule has 4 nitrogen and oxygen atoms in total. The number of carbonyl (C=O) groups excluding carboxylic acids is 1. The molecular weight excluding hydrogens is 148 g/mol. The number of ether oxygens (including phenoxy) is 1. The maximum atomic E-state index is 10.8. The molecule has 0 aliphatic rings. The monoisotopic (exact) mass is 162 g/mol. The second-order valence-electron chi connectivity index (χ2n) is 2.56. The summed E-state index contributed by atoms with van der Waals surface area (Å²) in [5.74, 6) is -0.813. The summed E-state index contributed by atoms with van der Waals surface area (Å²) in [7, 11) is 1.17. The fraction of sp³-hybridized carbons (Fsp3) is 0.857. The van der Waals surface area contributed by atoms with E-state index in [1.165, 1.54) is 14.0 Å². The Morgan fingerprint density at radius 3 is 2.45 bits per heavy atom. The van der Waals surface area contributed by atoms with Gasteiger partial charge in [0.05, 0.1) is 13.2 Å². The van der Waals surface area contributed by atoms with Gasteiger partial charge in [0.1, 0.15) is 0 Å². The molecule has 0 bridgehead atoms. The molecule has 0 radical (unpaired) electrons. The van der Waals surface area contributed by atoms with Crippen molar-refractivity contribution >= 4 is 5.97 Å². The van der Waals surface area contributed by atoms with Crippen molar-refractivity contribution < 1.29 is 19.7 Å². The maximum absolute atomic E-state index is 10.8. The fourth-order valence-electron chi connectivity index (χ4n) is 0.740. The molecule has 0 amide bonds. The second kappa shape index (κ2) is 3.69. The highest BCUT2D eigenvalue weighted by Crippen LogP contribution is 2.14. The number of esters is 1. The van der Waals surface area contributed by atoms with Crippen LogP contribution in [0.2, 0.25) is 0 Å². The van der Waals surface area contributed by atoms with Crippen LogP contribution >= 0.6 is 0 Å². The normalized spacial score (nSPS) is 18.6. The van der Waals surface area contributed by atoms with Crippen molar-refractivity contribution in [2.45, 2.75) is 32.0 Å². The Hall–Kier alpha value is -0.610. The van der Waals surface area contributed by atoms with Gasteiger partial charge in [0.2, 0.25) is 0 Å². The van der Waals surface area contributed by atoms with Gasteiger partial charge in [-0.25, -0.2) is 4.79 Å². The van der Waals surface area contributed by atoms with Crippen LogP contribution in [-0.2, 0) is 9.53 Å². The SMILES string of the molecule is CC[C@H](O)[C@@](C)(O)C(=O)OC. The van der Waals surface area contributed by atoms with Crippen molar-refractivity contribution in [3.63, 3.8) is 0 Å². The molecule has 4 heteroatoms. The van der Waals surface area contributed by atoms with E-state index in [1.54, 1.807) is 6.92 Å². The number of carbonyl (C=O) groups is 1. The minimum atomic E-state index is -1.79. The van der Waals surface area contributed by atoms with Crippen molar-refractivity contribution in [2.75, 3.05) is 7.11 Å². The van der Waals surface area contributed by atoms with Crippen molar-refractivity contribution in [2.24, 2.45) is 0 Å².